The maximum absolute atomic E-state index is 11.7. The van der Waals surface area contributed by atoms with E-state index in [0.29, 0.717) is 22.8 Å². The van der Waals surface area contributed by atoms with Crippen molar-refractivity contribution in [3.63, 3.8) is 0 Å². The van der Waals surface area contributed by atoms with Crippen molar-refractivity contribution in [2.45, 2.75) is 183 Å². The van der Waals surface area contributed by atoms with Crippen molar-refractivity contribution in [3.05, 3.63) is 308 Å². The predicted molar refractivity (Wildman–Crippen MR) is 439 cm³/mol. The number of rotatable bonds is 18. The smallest absolute Gasteiger partial charge is 0.319 e. The number of para-hydroxylation sites is 5. The molecule has 9 nitrogen and oxygen atoms in total. The molecule has 0 aliphatic heterocycles. The van der Waals surface area contributed by atoms with Gasteiger partial charge in [0, 0.05) is 5.56 Å². The molecule has 550 valence electrons. The zero-order valence-electron chi connectivity index (χ0n) is 57.2. The summed E-state index contributed by atoms with van der Waals surface area (Å²) in [7, 11) is 0. The molecule has 0 amide bonds. The van der Waals surface area contributed by atoms with Crippen molar-refractivity contribution >= 4 is 11.8 Å². The van der Waals surface area contributed by atoms with Crippen LogP contribution in [0.2, 0.25) is 0 Å². The maximum atomic E-state index is 11.7. The lowest BCUT2D eigenvalue weighted by Gasteiger charge is -2.10. The number of esters is 1. The first-order chi connectivity index (χ1) is 45.0. The summed E-state index contributed by atoms with van der Waals surface area (Å²) in [5.74, 6) is 5.78. The van der Waals surface area contributed by atoms with Crippen LogP contribution in [0.4, 0.5) is 0 Å². The Hall–Kier alpha value is -9.86. The van der Waals surface area contributed by atoms with Gasteiger partial charge in [-0.25, -0.2) is 0 Å². The molecular formula is C90H136O9. The Morgan fingerprint density at radius 1 is 0.232 bits per heavy atom. The Morgan fingerprint density at radius 2 is 0.424 bits per heavy atom. The molecule has 99 heavy (non-hydrogen) atoms. The summed E-state index contributed by atoms with van der Waals surface area (Å²) >= 11 is 0. The number of ketones is 1. The molecule has 0 spiro atoms. The van der Waals surface area contributed by atoms with Crippen molar-refractivity contribution in [2.75, 3.05) is 13.6 Å². The zero-order chi connectivity index (χ0) is 67.8. The van der Waals surface area contributed by atoms with Crippen LogP contribution >= 0.6 is 0 Å². The van der Waals surface area contributed by atoms with Gasteiger partial charge in [0.15, 0.2) is 5.78 Å². The van der Waals surface area contributed by atoms with Crippen LogP contribution in [-0.2, 0) is 11.2 Å². The average molecular weight is 1360 g/mol. The average Bonchev–Trinajstić information content (AvgIpc) is 3.04. The van der Waals surface area contributed by atoms with Crippen LogP contribution in [0.5, 0.6) is 51.7 Å². The van der Waals surface area contributed by atoms with Gasteiger partial charge in [0.2, 0.25) is 13.6 Å². The minimum atomic E-state index is -0.546. The van der Waals surface area contributed by atoms with Gasteiger partial charge in [-0.15, -0.1) is 0 Å². The molecule has 10 aromatic rings. The van der Waals surface area contributed by atoms with Crippen molar-refractivity contribution < 1.29 is 42.7 Å². The van der Waals surface area contributed by atoms with Gasteiger partial charge in [-0.1, -0.05) is 352 Å². The van der Waals surface area contributed by atoms with E-state index in [4.69, 9.17) is 33.2 Å². The number of benzene rings is 10. The van der Waals surface area contributed by atoms with Crippen molar-refractivity contribution in [1.29, 1.82) is 0 Å². The van der Waals surface area contributed by atoms with Crippen molar-refractivity contribution in [3.8, 4) is 51.7 Å². The highest BCUT2D eigenvalue weighted by Gasteiger charge is 2.13. The third kappa shape index (κ3) is 53.9. The minimum Gasteiger partial charge on any atom is -0.458 e. The van der Waals surface area contributed by atoms with Crippen LogP contribution in [0.25, 0.3) is 0 Å². The zero-order valence-corrected chi connectivity index (χ0v) is 57.2. The Bertz CT molecular complexity index is 2940. The molecule has 0 saturated carbocycles. The summed E-state index contributed by atoms with van der Waals surface area (Å²) in [6, 6.07) is 91.8. The van der Waals surface area contributed by atoms with Gasteiger partial charge in [-0.3, -0.25) is 9.59 Å². The van der Waals surface area contributed by atoms with E-state index in [1.54, 1.807) is 48.5 Å². The van der Waals surface area contributed by atoms with E-state index in [1.807, 2.05) is 293 Å². The molecule has 0 fully saturated rings. The SMILES string of the molecule is C.C.C.C.C.C.C.C.CC.CC.CC.CC.CC.CC.CC.CC.O=C(CC(=O)c1ccccc1)Oc1ccccc1.c1ccc(Cc2ccccc2)cc1.c1ccc(OCOc2ccccc2)cc1.c1ccc(Oc2ccc(OCOc3ccc(Oc4ccccc4)cc3)cc2)cc1. The Labute approximate surface area is 607 Å². The van der Waals surface area contributed by atoms with E-state index in [9.17, 15) is 9.59 Å². The van der Waals surface area contributed by atoms with Gasteiger partial charge in [-0.05, 0) is 127 Å². The quantitative estimate of drug-likeness (QED) is 0.0273. The summed E-state index contributed by atoms with van der Waals surface area (Å²) in [5.41, 5.74) is 3.25. The summed E-state index contributed by atoms with van der Waals surface area (Å²) < 4.78 is 38.6. The molecule has 0 radical (unpaired) electrons. The third-order valence-electron chi connectivity index (χ3n) is 10.5. The topological polar surface area (TPSA) is 98.8 Å². The first kappa shape index (κ1) is 111. The largest absolute Gasteiger partial charge is 0.458 e. The van der Waals surface area contributed by atoms with Crippen LogP contribution < -0.4 is 33.2 Å². The molecule has 0 aromatic heterocycles. The lowest BCUT2D eigenvalue weighted by Crippen LogP contribution is -2.14. The molecule has 0 aliphatic carbocycles. The second kappa shape index (κ2) is 80.6. The highest BCUT2D eigenvalue weighted by Crippen LogP contribution is 2.26. The van der Waals surface area contributed by atoms with Crippen molar-refractivity contribution in [1.82, 2.24) is 0 Å². The van der Waals surface area contributed by atoms with Crippen LogP contribution in [0.3, 0.4) is 0 Å². The fourth-order valence-corrected chi connectivity index (χ4v) is 6.76. The first-order valence-corrected chi connectivity index (χ1v) is 32.2. The van der Waals surface area contributed by atoms with Gasteiger partial charge in [0.1, 0.15) is 58.2 Å². The van der Waals surface area contributed by atoms with E-state index in [-0.39, 0.29) is 85.2 Å². The predicted octanol–water partition coefficient (Wildman–Crippen LogP) is 29.2. The molecule has 0 heterocycles. The van der Waals surface area contributed by atoms with Gasteiger partial charge < -0.3 is 33.2 Å². The molecule has 0 bridgehead atoms. The van der Waals surface area contributed by atoms with E-state index in [2.05, 4.69) is 60.7 Å². The number of Topliss-reactive ketones (excluding diaryl/α,β-unsaturated/α-hetero) is 1. The molecule has 0 unspecified atom stereocenters. The Morgan fingerprint density at radius 3 is 0.687 bits per heavy atom. The number of ether oxygens (including phenoxy) is 7. The van der Waals surface area contributed by atoms with E-state index >= 15 is 0 Å². The molecule has 10 rings (SSSR count). The number of hydrogen-bond acceptors (Lipinski definition) is 9. The van der Waals surface area contributed by atoms with Gasteiger partial charge in [0.05, 0.1) is 0 Å². The molecule has 0 aliphatic rings. The first-order valence-electron chi connectivity index (χ1n) is 32.2. The summed E-state index contributed by atoms with van der Waals surface area (Å²) in [6.07, 6.45) is 0.778. The highest BCUT2D eigenvalue weighted by atomic mass is 16.7. The Balaban J connectivity index is -0.000000125. The van der Waals surface area contributed by atoms with Gasteiger partial charge >= 0.3 is 5.97 Å². The molecule has 0 saturated heterocycles. The lowest BCUT2D eigenvalue weighted by atomic mass is 10.1. The fourth-order valence-electron chi connectivity index (χ4n) is 6.76. The second-order valence-corrected chi connectivity index (χ2v) is 16.1. The van der Waals surface area contributed by atoms with Crippen LogP contribution in [0.1, 0.15) is 198 Å². The molecular weight excluding hydrogens is 1220 g/mol. The monoisotopic (exact) mass is 1360 g/mol. The number of carbonyl (C=O) groups is 2. The van der Waals surface area contributed by atoms with E-state index in [1.165, 1.54) is 11.1 Å². The summed E-state index contributed by atoms with van der Waals surface area (Å²) in [5, 5.41) is 0. The normalized spacial score (nSPS) is 8.00. The van der Waals surface area contributed by atoms with E-state index < -0.39 is 5.97 Å². The fraction of sp³-hybridized carbons (Fsp3) is 0.311. The van der Waals surface area contributed by atoms with Gasteiger partial charge in [0.25, 0.3) is 0 Å². The second-order valence-electron chi connectivity index (χ2n) is 16.1. The summed E-state index contributed by atoms with van der Waals surface area (Å²) in [6.45, 7) is 32.3. The van der Waals surface area contributed by atoms with E-state index in [0.717, 1.165) is 40.9 Å². The van der Waals surface area contributed by atoms with Crippen molar-refractivity contribution in [2.24, 2.45) is 0 Å². The van der Waals surface area contributed by atoms with Crippen LogP contribution in [-0.4, -0.2) is 25.3 Å². The molecule has 0 N–H and O–H groups in total. The number of hydrogen-bond donors (Lipinski definition) is 0. The Kier molecular flexibility index (Phi) is 90.0. The molecule has 9 heteroatoms. The molecule has 0 atom stereocenters. The highest BCUT2D eigenvalue weighted by molar-refractivity contribution is 6.06. The maximum Gasteiger partial charge on any atom is 0.319 e. The summed E-state index contributed by atoms with van der Waals surface area (Å²) in [4.78, 5) is 23.3. The van der Waals surface area contributed by atoms with Gasteiger partial charge in [-0.2, -0.15) is 0 Å². The van der Waals surface area contributed by atoms with Crippen LogP contribution in [0, 0.1) is 0 Å². The lowest BCUT2D eigenvalue weighted by molar-refractivity contribution is -0.133. The minimum absolute atomic E-state index is 0. The number of carbonyl (C=O) groups excluding carboxylic acids is 2. The third-order valence-corrected chi connectivity index (χ3v) is 10.5. The standard InChI is InChI=1S/C25H20O4.C15H12O3.C13H12O2.C13H12.8C2H6.8CH4/c1-3-7-22(8-4-1)28-24-15-11-20(12-16-24)26-19-27-21-13-17-25(18-14-21)29-23-9-5-2-6-10-23;16-14(12-7-3-1-4-8-12)11-15(17)18-13-9-5-2-6-10-13;1-3-7-12(8-4-1)14-11-15-13-9-5-2-6-10-13;1-3-7-12(8-4-1)11-13-9-5-2-6-10-13;8*1-2;;;;;;;;/h1-18H,19H2;1-10H,11H2;1-10H,11H2;1-10H,11H2;8*1-2H3;8*1H4. The van der Waals surface area contributed by atoms with Crippen LogP contribution in [0.15, 0.2) is 291 Å². The molecule has 10 aromatic carbocycles.